The maximum atomic E-state index is 4.65. The van der Waals surface area contributed by atoms with Crippen molar-refractivity contribution < 1.29 is 0 Å². The Morgan fingerprint density at radius 3 is 2.62 bits per heavy atom. The molecule has 1 aliphatic heterocycles. The Kier molecular flexibility index (Phi) is 3.57. The van der Waals surface area contributed by atoms with Crippen molar-refractivity contribution in [2.45, 2.75) is 38.8 Å². The van der Waals surface area contributed by atoms with Crippen molar-refractivity contribution in [3.05, 3.63) is 35.7 Å². The minimum absolute atomic E-state index is 0.264. The topological polar surface area (TPSA) is 46.0 Å². The summed E-state index contributed by atoms with van der Waals surface area (Å²) >= 11 is 0. The summed E-state index contributed by atoms with van der Waals surface area (Å²) in [5.41, 5.74) is 2.51. The number of anilines is 2. The largest absolute Gasteiger partial charge is 0.378 e. The van der Waals surface area contributed by atoms with Gasteiger partial charge in [0.25, 0.3) is 0 Å². The Bertz CT molecular complexity index is 614. The van der Waals surface area contributed by atoms with Crippen LogP contribution in [0.2, 0.25) is 0 Å². The summed E-state index contributed by atoms with van der Waals surface area (Å²) in [7, 11) is 4.12. The molecule has 0 saturated heterocycles. The van der Waals surface area contributed by atoms with Gasteiger partial charge in [-0.2, -0.15) is 10.1 Å². The molecule has 2 aromatic rings. The van der Waals surface area contributed by atoms with Crippen molar-refractivity contribution in [1.29, 1.82) is 0 Å². The highest BCUT2D eigenvalue weighted by atomic mass is 15.4. The fourth-order valence-corrected chi connectivity index (χ4v) is 2.82. The standard InChI is InChI=1S/C16H23N5/c1-5-15-18-16-17-11(2)10-14(21(16)19-15)12-6-8-13(9-7-12)20(3)4/h6-9,11,14H,5,10H2,1-4H3,(H,17,18,19)/t11-,14-/m0/s1. The van der Waals surface area contributed by atoms with E-state index in [0.29, 0.717) is 6.04 Å². The molecule has 5 heteroatoms. The van der Waals surface area contributed by atoms with Crippen molar-refractivity contribution in [1.82, 2.24) is 14.8 Å². The molecule has 2 atom stereocenters. The second kappa shape index (κ2) is 5.39. The molecule has 0 radical (unpaired) electrons. The van der Waals surface area contributed by atoms with Crippen LogP contribution in [0.15, 0.2) is 24.3 Å². The highest BCUT2D eigenvalue weighted by Gasteiger charge is 2.27. The monoisotopic (exact) mass is 285 g/mol. The van der Waals surface area contributed by atoms with E-state index in [1.54, 1.807) is 0 Å². The highest BCUT2D eigenvalue weighted by Crippen LogP contribution is 2.31. The third kappa shape index (κ3) is 2.60. The van der Waals surface area contributed by atoms with Gasteiger partial charge in [0, 0.05) is 32.2 Å². The molecule has 3 rings (SSSR count). The van der Waals surface area contributed by atoms with Gasteiger partial charge in [-0.3, -0.25) is 0 Å². The average molecular weight is 285 g/mol. The molecule has 1 aliphatic rings. The number of aryl methyl sites for hydroxylation is 1. The van der Waals surface area contributed by atoms with Crippen LogP contribution in [0.1, 0.15) is 37.7 Å². The summed E-state index contributed by atoms with van der Waals surface area (Å²) in [5, 5.41) is 8.08. The number of hydrogen-bond acceptors (Lipinski definition) is 4. The maximum absolute atomic E-state index is 4.65. The first-order valence-corrected chi connectivity index (χ1v) is 7.57. The molecule has 112 valence electrons. The van der Waals surface area contributed by atoms with Crippen LogP contribution >= 0.6 is 0 Å². The molecule has 0 amide bonds. The van der Waals surface area contributed by atoms with Crippen LogP contribution in [0.5, 0.6) is 0 Å². The first-order valence-electron chi connectivity index (χ1n) is 7.57. The Labute approximate surface area is 126 Å². The van der Waals surface area contributed by atoms with Crippen LogP contribution < -0.4 is 10.2 Å². The second-order valence-corrected chi connectivity index (χ2v) is 5.93. The predicted molar refractivity (Wildman–Crippen MR) is 86.0 cm³/mol. The quantitative estimate of drug-likeness (QED) is 0.942. The Morgan fingerprint density at radius 1 is 1.29 bits per heavy atom. The van der Waals surface area contributed by atoms with Gasteiger partial charge in [0.15, 0.2) is 5.82 Å². The molecular weight excluding hydrogens is 262 g/mol. The number of benzene rings is 1. The third-order valence-electron chi connectivity index (χ3n) is 4.03. The fourth-order valence-electron chi connectivity index (χ4n) is 2.82. The van der Waals surface area contributed by atoms with E-state index in [4.69, 9.17) is 0 Å². The van der Waals surface area contributed by atoms with Crippen LogP contribution in [0.3, 0.4) is 0 Å². The first kappa shape index (κ1) is 13.9. The van der Waals surface area contributed by atoms with Gasteiger partial charge in [0.2, 0.25) is 5.95 Å². The van der Waals surface area contributed by atoms with Crippen molar-refractivity contribution in [3.8, 4) is 0 Å². The van der Waals surface area contributed by atoms with E-state index in [0.717, 1.165) is 24.6 Å². The lowest BCUT2D eigenvalue weighted by Crippen LogP contribution is -2.31. The van der Waals surface area contributed by atoms with Crippen LogP contribution in [0, 0.1) is 0 Å². The molecule has 0 bridgehead atoms. The summed E-state index contributed by atoms with van der Waals surface area (Å²) in [5.74, 6) is 1.80. The fraction of sp³-hybridized carbons (Fsp3) is 0.500. The van der Waals surface area contributed by atoms with E-state index in [1.165, 1.54) is 11.3 Å². The summed E-state index contributed by atoms with van der Waals surface area (Å²) in [6.07, 6.45) is 1.89. The zero-order valence-electron chi connectivity index (χ0n) is 13.2. The van der Waals surface area contributed by atoms with Gasteiger partial charge in [-0.25, -0.2) is 4.68 Å². The first-order chi connectivity index (χ1) is 10.1. The van der Waals surface area contributed by atoms with Gasteiger partial charge in [-0.15, -0.1) is 0 Å². The van der Waals surface area contributed by atoms with Crippen molar-refractivity contribution >= 4 is 11.6 Å². The number of fused-ring (bicyclic) bond motifs is 1. The molecule has 1 aromatic carbocycles. The van der Waals surface area contributed by atoms with Crippen LogP contribution in [0.4, 0.5) is 11.6 Å². The van der Waals surface area contributed by atoms with Gasteiger partial charge in [0.05, 0.1) is 6.04 Å². The summed E-state index contributed by atoms with van der Waals surface area (Å²) in [6, 6.07) is 9.41. The number of hydrogen-bond donors (Lipinski definition) is 1. The van der Waals surface area contributed by atoms with E-state index in [-0.39, 0.29) is 6.04 Å². The van der Waals surface area contributed by atoms with Gasteiger partial charge in [-0.1, -0.05) is 19.1 Å². The Balaban J connectivity index is 1.96. The Hall–Kier alpha value is -2.04. The average Bonchev–Trinajstić information content (AvgIpc) is 2.89. The number of aromatic nitrogens is 3. The SMILES string of the molecule is CCc1nc2n(n1)[C@H](c1ccc(N(C)C)cc1)C[C@H](C)N2. The number of nitrogens with one attached hydrogen (secondary N) is 1. The van der Waals surface area contributed by atoms with Crippen LogP contribution in [-0.4, -0.2) is 34.9 Å². The third-order valence-corrected chi connectivity index (χ3v) is 4.03. The molecule has 1 aromatic heterocycles. The molecule has 5 nitrogen and oxygen atoms in total. The summed E-state index contributed by atoms with van der Waals surface area (Å²) in [4.78, 5) is 6.69. The molecule has 2 heterocycles. The molecule has 0 fully saturated rings. The summed E-state index contributed by atoms with van der Waals surface area (Å²) in [6.45, 7) is 4.29. The van der Waals surface area contributed by atoms with Gasteiger partial charge >= 0.3 is 0 Å². The maximum Gasteiger partial charge on any atom is 0.222 e. The summed E-state index contributed by atoms with van der Waals surface area (Å²) < 4.78 is 2.05. The molecule has 0 aliphatic carbocycles. The van der Waals surface area contributed by atoms with Gasteiger partial charge in [-0.05, 0) is 31.0 Å². The van der Waals surface area contributed by atoms with E-state index in [1.807, 2.05) is 4.68 Å². The number of rotatable bonds is 3. The lowest BCUT2D eigenvalue weighted by Gasteiger charge is -2.29. The minimum Gasteiger partial charge on any atom is -0.378 e. The zero-order chi connectivity index (χ0) is 15.0. The van der Waals surface area contributed by atoms with Gasteiger partial charge < -0.3 is 10.2 Å². The normalized spacial score (nSPS) is 20.8. The molecular formula is C16H23N5. The predicted octanol–water partition coefficient (Wildman–Crippen LogP) is 2.70. The van der Waals surface area contributed by atoms with E-state index in [9.17, 15) is 0 Å². The smallest absolute Gasteiger partial charge is 0.222 e. The number of nitrogens with zero attached hydrogens (tertiary/aromatic N) is 4. The van der Waals surface area contributed by atoms with Gasteiger partial charge in [0.1, 0.15) is 0 Å². The van der Waals surface area contributed by atoms with E-state index >= 15 is 0 Å². The van der Waals surface area contributed by atoms with Crippen molar-refractivity contribution in [2.75, 3.05) is 24.3 Å². The molecule has 0 saturated carbocycles. The molecule has 0 unspecified atom stereocenters. The Morgan fingerprint density at radius 2 is 2.00 bits per heavy atom. The molecule has 1 N–H and O–H groups in total. The zero-order valence-corrected chi connectivity index (χ0v) is 13.2. The second-order valence-electron chi connectivity index (χ2n) is 5.93. The lowest BCUT2D eigenvalue weighted by molar-refractivity contribution is 0.435. The minimum atomic E-state index is 0.264. The van der Waals surface area contributed by atoms with E-state index < -0.39 is 0 Å². The van der Waals surface area contributed by atoms with Crippen molar-refractivity contribution in [3.63, 3.8) is 0 Å². The van der Waals surface area contributed by atoms with Crippen LogP contribution in [-0.2, 0) is 6.42 Å². The van der Waals surface area contributed by atoms with Crippen molar-refractivity contribution in [2.24, 2.45) is 0 Å². The van der Waals surface area contributed by atoms with Crippen LogP contribution in [0.25, 0.3) is 0 Å². The van der Waals surface area contributed by atoms with E-state index in [2.05, 4.69) is 72.5 Å². The highest BCUT2D eigenvalue weighted by molar-refractivity contribution is 5.47. The lowest BCUT2D eigenvalue weighted by atomic mass is 9.98. The molecule has 21 heavy (non-hydrogen) atoms. The molecule has 0 spiro atoms.